The number of rotatable bonds is 7. The van der Waals surface area contributed by atoms with Crippen LogP contribution in [-0.4, -0.2) is 38.3 Å². The number of hydrogen-bond donors (Lipinski definition) is 1. The van der Waals surface area contributed by atoms with Crippen LogP contribution in [0.15, 0.2) is 46.0 Å². The maximum atomic E-state index is 12.8. The summed E-state index contributed by atoms with van der Waals surface area (Å²) in [6.45, 7) is 5.15. The highest BCUT2D eigenvalue weighted by atomic mass is 32.2. The Balaban J connectivity index is 1.62. The summed E-state index contributed by atoms with van der Waals surface area (Å²) >= 11 is 1.21. The van der Waals surface area contributed by atoms with Gasteiger partial charge in [-0.2, -0.15) is 4.31 Å². The lowest BCUT2D eigenvalue weighted by atomic mass is 9.98. The van der Waals surface area contributed by atoms with Gasteiger partial charge in [0.1, 0.15) is 9.96 Å². The van der Waals surface area contributed by atoms with Gasteiger partial charge in [-0.25, -0.2) is 8.42 Å². The summed E-state index contributed by atoms with van der Waals surface area (Å²) in [6, 6.07) is 10.8. The molecule has 28 heavy (non-hydrogen) atoms. The lowest BCUT2D eigenvalue weighted by Crippen LogP contribution is -2.45. The van der Waals surface area contributed by atoms with E-state index in [1.54, 1.807) is 17.5 Å². The number of piperidine rings is 1. The standard InChI is InChI=1S/C20H26N2O4S2/c1-3-26-18-10-8-16(9-11-18)15(2)21-20(23)17-6-4-12-22(14-17)28(24,25)19-7-5-13-27-19/h5,7-11,13,15,17H,3-4,6,12,14H2,1-2H3,(H,21,23)/t15-,17-/m1/s1. The Morgan fingerprint density at radius 3 is 2.71 bits per heavy atom. The number of nitrogens with one attached hydrogen (secondary N) is 1. The van der Waals surface area contributed by atoms with Gasteiger partial charge >= 0.3 is 0 Å². The third kappa shape index (κ3) is 4.74. The molecule has 2 atom stereocenters. The van der Waals surface area contributed by atoms with Crippen molar-refractivity contribution in [2.45, 2.75) is 36.9 Å². The largest absolute Gasteiger partial charge is 0.494 e. The van der Waals surface area contributed by atoms with Gasteiger partial charge in [-0.3, -0.25) is 4.79 Å². The van der Waals surface area contributed by atoms with Crippen LogP contribution in [0, 0.1) is 5.92 Å². The maximum absolute atomic E-state index is 12.8. The van der Waals surface area contributed by atoms with Crippen LogP contribution < -0.4 is 10.1 Å². The molecule has 0 unspecified atom stereocenters. The molecule has 2 heterocycles. The minimum absolute atomic E-state index is 0.104. The van der Waals surface area contributed by atoms with Crippen LogP contribution in [0.5, 0.6) is 5.75 Å². The van der Waals surface area contributed by atoms with Crippen LogP contribution in [0.3, 0.4) is 0 Å². The molecular weight excluding hydrogens is 396 g/mol. The fourth-order valence-electron chi connectivity index (χ4n) is 3.35. The van der Waals surface area contributed by atoms with Crippen molar-refractivity contribution in [1.82, 2.24) is 9.62 Å². The van der Waals surface area contributed by atoms with Crippen LogP contribution in [-0.2, 0) is 14.8 Å². The Kier molecular flexibility index (Phi) is 6.74. The number of benzene rings is 1. The summed E-state index contributed by atoms with van der Waals surface area (Å²) < 4.78 is 32.7. The van der Waals surface area contributed by atoms with E-state index in [1.165, 1.54) is 15.6 Å². The molecule has 0 aliphatic carbocycles. The highest BCUT2D eigenvalue weighted by Crippen LogP contribution is 2.27. The topological polar surface area (TPSA) is 75.7 Å². The van der Waals surface area contributed by atoms with Crippen molar-refractivity contribution in [3.63, 3.8) is 0 Å². The van der Waals surface area contributed by atoms with Gasteiger partial charge in [0.15, 0.2) is 0 Å². The smallest absolute Gasteiger partial charge is 0.252 e. The van der Waals surface area contributed by atoms with Gasteiger partial charge < -0.3 is 10.1 Å². The van der Waals surface area contributed by atoms with Crippen molar-refractivity contribution in [3.8, 4) is 5.75 Å². The number of sulfonamides is 1. The second-order valence-electron chi connectivity index (χ2n) is 6.87. The molecule has 0 radical (unpaired) electrons. The van der Waals surface area contributed by atoms with Gasteiger partial charge in [-0.15, -0.1) is 11.3 Å². The second kappa shape index (κ2) is 9.07. The molecule has 1 aliphatic heterocycles. The number of amides is 1. The van der Waals surface area contributed by atoms with Crippen molar-refractivity contribution in [3.05, 3.63) is 47.3 Å². The van der Waals surface area contributed by atoms with Crippen LogP contribution in [0.1, 0.15) is 38.3 Å². The molecule has 152 valence electrons. The van der Waals surface area contributed by atoms with Crippen molar-refractivity contribution in [2.24, 2.45) is 5.92 Å². The minimum Gasteiger partial charge on any atom is -0.494 e. The number of carbonyl (C=O) groups is 1. The zero-order valence-corrected chi connectivity index (χ0v) is 17.8. The molecule has 1 aromatic heterocycles. The zero-order valence-electron chi connectivity index (χ0n) is 16.1. The van der Waals surface area contributed by atoms with Crippen LogP contribution >= 0.6 is 11.3 Å². The van der Waals surface area contributed by atoms with Gasteiger partial charge in [0, 0.05) is 13.1 Å². The van der Waals surface area contributed by atoms with Crippen molar-refractivity contribution >= 4 is 27.3 Å². The first-order chi connectivity index (χ1) is 13.4. The van der Waals surface area contributed by atoms with Crippen molar-refractivity contribution in [2.75, 3.05) is 19.7 Å². The first-order valence-corrected chi connectivity index (χ1v) is 11.8. The maximum Gasteiger partial charge on any atom is 0.252 e. The van der Waals surface area contributed by atoms with Gasteiger partial charge in [-0.05, 0) is 55.8 Å². The summed E-state index contributed by atoms with van der Waals surface area (Å²) in [5, 5.41) is 4.78. The minimum atomic E-state index is -3.52. The number of carbonyl (C=O) groups excluding carboxylic acids is 1. The number of hydrogen-bond acceptors (Lipinski definition) is 5. The van der Waals surface area contributed by atoms with E-state index in [0.29, 0.717) is 30.2 Å². The van der Waals surface area contributed by atoms with Crippen LogP contribution in [0.2, 0.25) is 0 Å². The molecule has 1 amide bonds. The first kappa shape index (κ1) is 20.8. The number of nitrogens with zero attached hydrogens (tertiary/aromatic N) is 1. The molecule has 0 saturated carbocycles. The lowest BCUT2D eigenvalue weighted by Gasteiger charge is -2.31. The van der Waals surface area contributed by atoms with E-state index >= 15 is 0 Å². The van der Waals surface area contributed by atoms with E-state index in [2.05, 4.69) is 5.32 Å². The Labute approximate surface area is 170 Å². The predicted molar refractivity (Wildman–Crippen MR) is 110 cm³/mol. The molecule has 1 fully saturated rings. The Morgan fingerprint density at radius 1 is 1.32 bits per heavy atom. The van der Waals surface area contributed by atoms with E-state index < -0.39 is 10.0 Å². The van der Waals surface area contributed by atoms with Crippen molar-refractivity contribution in [1.29, 1.82) is 0 Å². The third-order valence-corrected chi connectivity index (χ3v) is 8.13. The average Bonchev–Trinajstić information content (AvgIpc) is 3.24. The molecule has 8 heteroatoms. The van der Waals surface area contributed by atoms with Crippen LogP contribution in [0.4, 0.5) is 0 Å². The quantitative estimate of drug-likeness (QED) is 0.742. The van der Waals surface area contributed by atoms with Crippen molar-refractivity contribution < 1.29 is 17.9 Å². The molecule has 2 aromatic rings. The molecule has 1 aliphatic rings. The molecular formula is C20H26N2O4S2. The van der Waals surface area contributed by atoms with Crippen LogP contribution in [0.25, 0.3) is 0 Å². The fraction of sp³-hybridized carbons (Fsp3) is 0.450. The summed E-state index contributed by atoms with van der Waals surface area (Å²) in [5.74, 6) is 0.354. The van der Waals surface area contributed by atoms with E-state index in [-0.39, 0.29) is 24.4 Å². The zero-order chi connectivity index (χ0) is 20.1. The monoisotopic (exact) mass is 422 g/mol. The molecule has 3 rings (SSSR count). The molecule has 0 spiro atoms. The SMILES string of the molecule is CCOc1ccc([C@@H](C)NC(=O)[C@@H]2CCCN(S(=O)(=O)c3cccs3)C2)cc1. The van der Waals surface area contributed by atoms with Gasteiger partial charge in [0.05, 0.1) is 18.6 Å². The van der Waals surface area contributed by atoms with Gasteiger partial charge in [0.2, 0.25) is 5.91 Å². The van der Waals surface area contributed by atoms with E-state index in [4.69, 9.17) is 4.74 Å². The first-order valence-electron chi connectivity index (χ1n) is 9.48. The average molecular weight is 423 g/mol. The number of thiophene rings is 1. The Bertz CT molecular complexity index is 879. The number of ether oxygens (including phenoxy) is 1. The third-order valence-electron chi connectivity index (χ3n) is 4.89. The van der Waals surface area contributed by atoms with E-state index in [0.717, 1.165) is 11.3 Å². The molecule has 1 aromatic carbocycles. The lowest BCUT2D eigenvalue weighted by molar-refractivity contribution is -0.126. The second-order valence-corrected chi connectivity index (χ2v) is 9.98. The summed E-state index contributed by atoms with van der Waals surface area (Å²) in [4.78, 5) is 12.8. The predicted octanol–water partition coefficient (Wildman–Crippen LogP) is 3.42. The molecule has 1 saturated heterocycles. The Morgan fingerprint density at radius 2 is 2.07 bits per heavy atom. The summed E-state index contributed by atoms with van der Waals surface area (Å²) in [6.07, 6.45) is 1.37. The summed E-state index contributed by atoms with van der Waals surface area (Å²) in [5.41, 5.74) is 0.982. The van der Waals surface area contributed by atoms with Gasteiger partial charge in [0.25, 0.3) is 10.0 Å². The van der Waals surface area contributed by atoms with E-state index in [9.17, 15) is 13.2 Å². The highest BCUT2D eigenvalue weighted by Gasteiger charge is 2.34. The normalized spacial score (nSPS) is 19.1. The van der Waals surface area contributed by atoms with E-state index in [1.807, 2.05) is 38.1 Å². The highest BCUT2D eigenvalue weighted by molar-refractivity contribution is 7.91. The molecule has 6 nitrogen and oxygen atoms in total. The fourth-order valence-corrected chi connectivity index (χ4v) is 6.01. The molecule has 0 bridgehead atoms. The Hall–Kier alpha value is -1.90. The molecule has 1 N–H and O–H groups in total. The summed E-state index contributed by atoms with van der Waals surface area (Å²) in [7, 11) is -3.52. The van der Waals surface area contributed by atoms with Gasteiger partial charge in [-0.1, -0.05) is 18.2 Å².